The number of benzene rings is 3. The zero-order valence-corrected chi connectivity index (χ0v) is 25.1. The summed E-state index contributed by atoms with van der Waals surface area (Å²) in [4.78, 5) is 28.9. The van der Waals surface area contributed by atoms with Crippen LogP contribution in [0.5, 0.6) is 0 Å². The van der Waals surface area contributed by atoms with E-state index in [1.165, 1.54) is 17.0 Å². The number of carbonyl (C=O) groups is 2. The quantitative estimate of drug-likeness (QED) is 0.255. The Balaban J connectivity index is 2.07. The summed E-state index contributed by atoms with van der Waals surface area (Å²) < 4.78 is 29.0. The topological polar surface area (TPSA) is 86.8 Å². The lowest BCUT2D eigenvalue weighted by atomic mass is 10.1. The first-order chi connectivity index (χ1) is 19.1. The smallest absolute Gasteiger partial charge is 0.264 e. The molecule has 1 N–H and O–H groups in total. The van der Waals surface area contributed by atoms with Gasteiger partial charge in [-0.05, 0) is 62.1 Å². The van der Waals surface area contributed by atoms with E-state index in [1.54, 1.807) is 43.3 Å². The Hall–Kier alpha value is -3.36. The van der Waals surface area contributed by atoms with Crippen LogP contribution in [0.4, 0.5) is 5.69 Å². The molecule has 7 nitrogen and oxygen atoms in total. The maximum atomic E-state index is 14.1. The van der Waals surface area contributed by atoms with Crippen LogP contribution in [0.2, 0.25) is 5.02 Å². The fourth-order valence-corrected chi connectivity index (χ4v) is 6.18. The summed E-state index contributed by atoms with van der Waals surface area (Å²) in [6.45, 7) is 7.78. The van der Waals surface area contributed by atoms with Gasteiger partial charge in [0.1, 0.15) is 12.6 Å². The number of amides is 2. The third kappa shape index (κ3) is 7.86. The number of unbranched alkanes of at least 4 members (excludes halogenated alkanes) is 1. The summed E-state index contributed by atoms with van der Waals surface area (Å²) in [6.07, 6.45) is 2.12. The van der Waals surface area contributed by atoms with E-state index in [9.17, 15) is 18.0 Å². The number of halogens is 1. The molecule has 3 aromatic carbocycles. The van der Waals surface area contributed by atoms with Gasteiger partial charge in [-0.2, -0.15) is 0 Å². The highest BCUT2D eigenvalue weighted by molar-refractivity contribution is 7.92. The van der Waals surface area contributed by atoms with Crippen molar-refractivity contribution < 1.29 is 18.0 Å². The number of anilines is 1. The summed E-state index contributed by atoms with van der Waals surface area (Å²) in [7, 11) is -4.15. The van der Waals surface area contributed by atoms with Crippen molar-refractivity contribution in [3.05, 3.63) is 94.5 Å². The summed E-state index contributed by atoms with van der Waals surface area (Å²) >= 11 is 6.28. The van der Waals surface area contributed by atoms with Crippen LogP contribution in [-0.2, 0) is 26.2 Å². The van der Waals surface area contributed by atoms with Crippen LogP contribution >= 0.6 is 11.6 Å². The van der Waals surface area contributed by atoms with Gasteiger partial charge in [0.15, 0.2) is 0 Å². The van der Waals surface area contributed by atoms with E-state index < -0.39 is 28.5 Å². The number of aryl methyl sites for hydroxylation is 2. The molecule has 0 saturated carbocycles. The molecule has 3 rings (SSSR count). The number of nitrogens with one attached hydrogen (secondary N) is 1. The highest BCUT2D eigenvalue weighted by Crippen LogP contribution is 2.30. The molecule has 0 aliphatic carbocycles. The minimum Gasteiger partial charge on any atom is -0.354 e. The van der Waals surface area contributed by atoms with Crippen molar-refractivity contribution >= 4 is 39.1 Å². The van der Waals surface area contributed by atoms with Crippen LogP contribution in [0.1, 0.15) is 49.8 Å². The second-order valence-corrected chi connectivity index (χ2v) is 12.1. The van der Waals surface area contributed by atoms with Crippen LogP contribution in [0.25, 0.3) is 0 Å². The van der Waals surface area contributed by atoms with Crippen LogP contribution in [0, 0.1) is 13.8 Å². The molecule has 0 spiro atoms. The van der Waals surface area contributed by atoms with Crippen LogP contribution < -0.4 is 9.62 Å². The zero-order chi connectivity index (χ0) is 29.3. The molecule has 0 aliphatic heterocycles. The van der Waals surface area contributed by atoms with Crippen molar-refractivity contribution in [2.45, 2.75) is 64.4 Å². The molecule has 3 aromatic rings. The van der Waals surface area contributed by atoms with E-state index >= 15 is 0 Å². The molecule has 0 radical (unpaired) electrons. The number of sulfonamides is 1. The maximum absolute atomic E-state index is 14.1. The van der Waals surface area contributed by atoms with Gasteiger partial charge in [-0.15, -0.1) is 0 Å². The van der Waals surface area contributed by atoms with E-state index in [0.29, 0.717) is 29.2 Å². The predicted molar refractivity (Wildman–Crippen MR) is 161 cm³/mol. The summed E-state index contributed by atoms with van der Waals surface area (Å²) in [5.74, 6) is -0.744. The monoisotopic (exact) mass is 583 g/mol. The first-order valence-corrected chi connectivity index (χ1v) is 15.4. The van der Waals surface area contributed by atoms with Crippen molar-refractivity contribution in [1.29, 1.82) is 0 Å². The zero-order valence-electron chi connectivity index (χ0n) is 23.6. The van der Waals surface area contributed by atoms with Gasteiger partial charge in [0.05, 0.1) is 10.6 Å². The van der Waals surface area contributed by atoms with Gasteiger partial charge in [0, 0.05) is 18.1 Å². The molecular weight excluding hydrogens is 546 g/mol. The van der Waals surface area contributed by atoms with Gasteiger partial charge >= 0.3 is 0 Å². The average molecular weight is 584 g/mol. The SMILES string of the molecule is CCCCNC(=O)C(CC)N(Cc1cccc(C)c1)C(=O)CN(c1cc(Cl)ccc1C)S(=O)(=O)c1ccccc1. The van der Waals surface area contributed by atoms with Crippen LogP contribution in [-0.4, -0.2) is 44.3 Å². The molecular formula is C31H38ClN3O4S. The van der Waals surface area contributed by atoms with Gasteiger partial charge in [0.2, 0.25) is 11.8 Å². The Morgan fingerprint density at radius 3 is 2.33 bits per heavy atom. The third-order valence-electron chi connectivity index (χ3n) is 6.70. The molecule has 1 unspecified atom stereocenters. The average Bonchev–Trinajstić information content (AvgIpc) is 2.93. The Bertz CT molecular complexity index is 1410. The summed E-state index contributed by atoms with van der Waals surface area (Å²) in [5.41, 5.74) is 2.82. The molecule has 214 valence electrons. The minimum absolute atomic E-state index is 0.0526. The number of hydrogen-bond donors (Lipinski definition) is 1. The second kappa shape index (κ2) is 14.3. The lowest BCUT2D eigenvalue weighted by molar-refractivity contribution is -0.140. The number of hydrogen-bond acceptors (Lipinski definition) is 4. The molecule has 1 atom stereocenters. The van der Waals surface area contributed by atoms with Gasteiger partial charge in [0.25, 0.3) is 10.0 Å². The Labute approximate surface area is 243 Å². The van der Waals surface area contributed by atoms with E-state index in [1.807, 2.05) is 45.0 Å². The van der Waals surface area contributed by atoms with Crippen LogP contribution in [0.15, 0.2) is 77.7 Å². The maximum Gasteiger partial charge on any atom is 0.264 e. The van der Waals surface area contributed by atoms with Crippen molar-refractivity contribution in [1.82, 2.24) is 10.2 Å². The highest BCUT2D eigenvalue weighted by Gasteiger charge is 2.34. The van der Waals surface area contributed by atoms with Gasteiger partial charge in [-0.1, -0.05) is 86.0 Å². The fourth-order valence-electron chi connectivity index (χ4n) is 4.52. The fraction of sp³-hybridized carbons (Fsp3) is 0.355. The van der Waals surface area contributed by atoms with Crippen molar-refractivity contribution in [3.63, 3.8) is 0 Å². The summed E-state index contributed by atoms with van der Waals surface area (Å²) in [5, 5.41) is 3.29. The molecule has 2 amide bonds. The molecule has 0 fully saturated rings. The highest BCUT2D eigenvalue weighted by atomic mass is 35.5. The number of nitrogens with zero attached hydrogens (tertiary/aromatic N) is 2. The first kappa shape index (κ1) is 31.2. The van der Waals surface area contributed by atoms with Crippen molar-refractivity contribution in [2.75, 3.05) is 17.4 Å². The van der Waals surface area contributed by atoms with Crippen molar-refractivity contribution in [3.8, 4) is 0 Å². The van der Waals surface area contributed by atoms with E-state index in [-0.39, 0.29) is 17.3 Å². The third-order valence-corrected chi connectivity index (χ3v) is 8.71. The largest absolute Gasteiger partial charge is 0.354 e. The Morgan fingerprint density at radius 2 is 1.68 bits per heavy atom. The molecule has 0 bridgehead atoms. The van der Waals surface area contributed by atoms with E-state index in [4.69, 9.17) is 11.6 Å². The molecule has 40 heavy (non-hydrogen) atoms. The second-order valence-electron chi connectivity index (χ2n) is 9.83. The molecule has 0 aliphatic rings. The molecule has 0 aromatic heterocycles. The van der Waals surface area contributed by atoms with Crippen molar-refractivity contribution in [2.24, 2.45) is 0 Å². The summed E-state index contributed by atoms with van der Waals surface area (Å²) in [6, 6.07) is 19.9. The molecule has 9 heteroatoms. The van der Waals surface area contributed by atoms with Crippen LogP contribution in [0.3, 0.4) is 0 Å². The number of rotatable bonds is 13. The van der Waals surface area contributed by atoms with Gasteiger partial charge in [-0.3, -0.25) is 13.9 Å². The lowest BCUT2D eigenvalue weighted by Crippen LogP contribution is -2.52. The predicted octanol–water partition coefficient (Wildman–Crippen LogP) is 5.88. The van der Waals surface area contributed by atoms with Gasteiger partial charge in [-0.25, -0.2) is 8.42 Å². The van der Waals surface area contributed by atoms with Gasteiger partial charge < -0.3 is 10.2 Å². The minimum atomic E-state index is -4.15. The Morgan fingerprint density at radius 1 is 0.950 bits per heavy atom. The number of carbonyl (C=O) groups excluding carboxylic acids is 2. The van der Waals surface area contributed by atoms with E-state index in [0.717, 1.165) is 28.3 Å². The standard InChI is InChI=1S/C31H38ClN3O4S/c1-5-7-18-33-31(37)28(6-2)34(21-25-13-11-12-23(3)19-25)30(36)22-35(29-20-26(32)17-16-24(29)4)40(38,39)27-14-9-8-10-15-27/h8-17,19-20,28H,5-7,18,21-22H2,1-4H3,(H,33,37). The lowest BCUT2D eigenvalue weighted by Gasteiger charge is -2.33. The molecule has 0 heterocycles. The Kier molecular flexibility index (Phi) is 11.2. The normalized spacial score (nSPS) is 12.0. The first-order valence-electron chi connectivity index (χ1n) is 13.5. The molecule has 0 saturated heterocycles. The van der Waals surface area contributed by atoms with E-state index in [2.05, 4.69) is 5.32 Å².